The van der Waals surface area contributed by atoms with Crippen LogP contribution in [0.25, 0.3) is 6.08 Å². The van der Waals surface area contributed by atoms with Gasteiger partial charge in [-0.2, -0.15) is 18.3 Å². The van der Waals surface area contributed by atoms with Crippen molar-refractivity contribution in [1.29, 1.82) is 0 Å². The summed E-state index contributed by atoms with van der Waals surface area (Å²) in [6.45, 7) is 7.01. The molecule has 9 heteroatoms. The largest absolute Gasteiger partial charge is 0.525 e. The van der Waals surface area contributed by atoms with Crippen LogP contribution in [-0.2, 0) is 15.5 Å². The van der Waals surface area contributed by atoms with Gasteiger partial charge in [0.25, 0.3) is 0 Å². The van der Waals surface area contributed by atoms with Gasteiger partial charge in [0.2, 0.25) is 0 Å². The summed E-state index contributed by atoms with van der Waals surface area (Å²) >= 11 is 0. The average Bonchev–Trinajstić information content (AvgIpc) is 3.16. The minimum atomic E-state index is -4.67. The third-order valence-corrected chi connectivity index (χ3v) is 5.63. The van der Waals surface area contributed by atoms with E-state index in [4.69, 9.17) is 9.31 Å². The molecule has 0 radical (unpaired) electrons. The molecular formula is C17H23BF4N2O2. The van der Waals surface area contributed by atoms with E-state index in [1.807, 2.05) is 0 Å². The van der Waals surface area contributed by atoms with Gasteiger partial charge in [-0.3, -0.25) is 5.10 Å². The Morgan fingerprint density at radius 3 is 2.19 bits per heavy atom. The summed E-state index contributed by atoms with van der Waals surface area (Å²) in [6.07, 6.45) is -0.407. The zero-order valence-electron chi connectivity index (χ0n) is 15.3. The normalized spacial score (nSPS) is 23.8. The molecule has 3 rings (SSSR count). The van der Waals surface area contributed by atoms with Gasteiger partial charge in [-0.05, 0) is 46.6 Å². The molecule has 1 aliphatic heterocycles. The lowest BCUT2D eigenvalue weighted by Gasteiger charge is -2.32. The molecule has 0 atom stereocenters. The van der Waals surface area contributed by atoms with Crippen molar-refractivity contribution in [2.24, 2.45) is 0 Å². The molecule has 2 fully saturated rings. The van der Waals surface area contributed by atoms with Crippen molar-refractivity contribution in [3.63, 3.8) is 0 Å². The second-order valence-electron chi connectivity index (χ2n) is 8.00. The standard InChI is InChI=1S/C17H23BF4N2O2/c1-15(2)16(3,4)26-18(25-15)12(19)9-11-13(10-7-5-6-8-10)23-24-14(11)17(20,21)22/h9-10H,5-8H2,1-4H3,(H,23,24). The summed E-state index contributed by atoms with van der Waals surface area (Å²) in [5, 5.41) is 5.91. The Balaban J connectivity index is 1.97. The number of nitrogens with one attached hydrogen (secondary N) is 1. The highest BCUT2D eigenvalue weighted by Gasteiger charge is 2.53. The number of hydrogen-bond donors (Lipinski definition) is 1. The Kier molecular flexibility index (Phi) is 4.76. The molecule has 0 bridgehead atoms. The van der Waals surface area contributed by atoms with Crippen LogP contribution in [0.4, 0.5) is 17.6 Å². The molecule has 1 saturated heterocycles. The van der Waals surface area contributed by atoms with Crippen LogP contribution in [0, 0.1) is 0 Å². The van der Waals surface area contributed by atoms with Crippen LogP contribution in [0.1, 0.15) is 76.2 Å². The fraction of sp³-hybridized carbons (Fsp3) is 0.706. The predicted molar refractivity (Wildman–Crippen MR) is 90.0 cm³/mol. The maximum absolute atomic E-state index is 14.8. The summed E-state index contributed by atoms with van der Waals surface area (Å²) in [4.78, 5) is 0. The maximum atomic E-state index is 14.8. The summed E-state index contributed by atoms with van der Waals surface area (Å²) in [6, 6.07) is 0. The minimum Gasteiger partial charge on any atom is -0.398 e. The van der Waals surface area contributed by atoms with Crippen molar-refractivity contribution in [2.45, 2.75) is 76.7 Å². The Morgan fingerprint density at radius 2 is 1.69 bits per heavy atom. The molecule has 1 saturated carbocycles. The highest BCUT2D eigenvalue weighted by atomic mass is 19.4. The lowest BCUT2D eigenvalue weighted by Crippen LogP contribution is -2.41. The predicted octanol–water partition coefficient (Wildman–Crippen LogP) is 5.03. The second kappa shape index (κ2) is 6.37. The molecule has 0 aromatic carbocycles. The van der Waals surface area contributed by atoms with Gasteiger partial charge in [0.05, 0.1) is 11.2 Å². The average molecular weight is 374 g/mol. The van der Waals surface area contributed by atoms with Crippen molar-refractivity contribution in [2.75, 3.05) is 0 Å². The first kappa shape index (κ1) is 19.4. The van der Waals surface area contributed by atoms with Crippen LogP contribution in [0.15, 0.2) is 5.73 Å². The van der Waals surface area contributed by atoms with E-state index in [0.29, 0.717) is 5.69 Å². The van der Waals surface area contributed by atoms with Gasteiger partial charge in [-0.1, -0.05) is 12.8 Å². The van der Waals surface area contributed by atoms with Crippen LogP contribution in [0.2, 0.25) is 0 Å². The number of H-pyrrole nitrogens is 1. The van der Waals surface area contributed by atoms with E-state index in [1.54, 1.807) is 27.7 Å². The molecule has 26 heavy (non-hydrogen) atoms. The number of rotatable bonds is 3. The molecule has 0 spiro atoms. The Labute approximate surface area is 150 Å². The minimum absolute atomic E-state index is 0.0732. The van der Waals surface area contributed by atoms with Crippen molar-refractivity contribution in [1.82, 2.24) is 10.2 Å². The van der Waals surface area contributed by atoms with E-state index in [2.05, 4.69) is 10.2 Å². The fourth-order valence-electron chi connectivity index (χ4n) is 3.41. The van der Waals surface area contributed by atoms with Gasteiger partial charge in [0.15, 0.2) is 5.69 Å². The number of aromatic amines is 1. The first-order valence-electron chi connectivity index (χ1n) is 8.80. The van der Waals surface area contributed by atoms with E-state index >= 15 is 0 Å². The van der Waals surface area contributed by atoms with Gasteiger partial charge in [-0.25, -0.2) is 4.39 Å². The molecule has 1 aromatic heterocycles. The van der Waals surface area contributed by atoms with Crippen molar-refractivity contribution in [3.8, 4) is 0 Å². The summed E-state index contributed by atoms with van der Waals surface area (Å²) in [7, 11) is -1.34. The summed E-state index contributed by atoms with van der Waals surface area (Å²) in [5.41, 5.74) is -3.47. The fourth-order valence-corrected chi connectivity index (χ4v) is 3.41. The molecular weight excluding hydrogens is 351 g/mol. The van der Waals surface area contributed by atoms with Gasteiger partial charge in [-0.15, -0.1) is 0 Å². The Bertz CT molecular complexity index is 690. The van der Waals surface area contributed by atoms with Gasteiger partial charge < -0.3 is 9.31 Å². The van der Waals surface area contributed by atoms with Crippen molar-refractivity contribution in [3.05, 3.63) is 22.7 Å². The lowest BCUT2D eigenvalue weighted by atomic mass is 9.85. The number of halogens is 4. The van der Waals surface area contributed by atoms with Crippen LogP contribution >= 0.6 is 0 Å². The van der Waals surface area contributed by atoms with E-state index in [0.717, 1.165) is 31.8 Å². The topological polar surface area (TPSA) is 47.1 Å². The van der Waals surface area contributed by atoms with Gasteiger partial charge in [0, 0.05) is 17.2 Å². The molecule has 0 amide bonds. The third kappa shape index (κ3) is 3.43. The van der Waals surface area contributed by atoms with E-state index in [9.17, 15) is 17.6 Å². The molecule has 2 heterocycles. The Morgan fingerprint density at radius 1 is 1.15 bits per heavy atom. The van der Waals surface area contributed by atoms with Crippen molar-refractivity contribution < 1.29 is 26.9 Å². The smallest absolute Gasteiger partial charge is 0.398 e. The third-order valence-electron chi connectivity index (χ3n) is 5.63. The molecule has 4 nitrogen and oxygen atoms in total. The molecule has 2 aliphatic rings. The van der Waals surface area contributed by atoms with E-state index in [-0.39, 0.29) is 11.5 Å². The zero-order valence-corrected chi connectivity index (χ0v) is 15.3. The van der Waals surface area contributed by atoms with E-state index in [1.165, 1.54) is 0 Å². The van der Waals surface area contributed by atoms with Crippen LogP contribution < -0.4 is 0 Å². The maximum Gasteiger partial charge on any atom is 0.525 e. The van der Waals surface area contributed by atoms with Gasteiger partial charge >= 0.3 is 13.3 Å². The first-order chi connectivity index (χ1) is 11.9. The number of aromatic nitrogens is 2. The molecule has 144 valence electrons. The van der Waals surface area contributed by atoms with Crippen LogP contribution in [-0.4, -0.2) is 28.5 Å². The summed E-state index contributed by atoms with van der Waals surface area (Å²) in [5.74, 6) is -0.0732. The number of alkyl halides is 3. The number of nitrogens with zero attached hydrogens (tertiary/aromatic N) is 1. The van der Waals surface area contributed by atoms with Gasteiger partial charge in [0.1, 0.15) is 5.73 Å². The monoisotopic (exact) mass is 374 g/mol. The van der Waals surface area contributed by atoms with Crippen molar-refractivity contribution >= 4 is 13.2 Å². The second-order valence-corrected chi connectivity index (χ2v) is 8.00. The molecule has 1 aromatic rings. The highest BCUT2D eigenvalue weighted by molar-refractivity contribution is 6.54. The van der Waals surface area contributed by atoms with E-state index < -0.39 is 35.9 Å². The quantitative estimate of drug-likeness (QED) is 0.597. The number of hydrogen-bond acceptors (Lipinski definition) is 3. The summed E-state index contributed by atoms with van der Waals surface area (Å²) < 4.78 is 65.9. The zero-order chi connectivity index (χ0) is 19.3. The Hall–Kier alpha value is -1.35. The van der Waals surface area contributed by atoms with Crippen LogP contribution in [0.5, 0.6) is 0 Å². The lowest BCUT2D eigenvalue weighted by molar-refractivity contribution is -0.141. The molecule has 1 N–H and O–H groups in total. The van der Waals surface area contributed by atoms with Crippen LogP contribution in [0.3, 0.4) is 0 Å². The SMILES string of the molecule is CC1(C)OB(C(F)=Cc2c(C(F)(F)F)n[nH]c2C2CCCC2)OC1(C)C. The first-order valence-corrected chi connectivity index (χ1v) is 8.80. The molecule has 0 unspecified atom stereocenters. The highest BCUT2D eigenvalue weighted by Crippen LogP contribution is 2.42. The molecule has 1 aliphatic carbocycles.